The summed E-state index contributed by atoms with van der Waals surface area (Å²) in [5, 5.41) is 13.2. The zero-order chi connectivity index (χ0) is 19.9. The number of benzene rings is 1. The van der Waals surface area contributed by atoms with Crippen LogP contribution >= 0.6 is 0 Å². The number of carbonyl (C=O) groups excluding carboxylic acids is 1. The van der Waals surface area contributed by atoms with Gasteiger partial charge < -0.3 is 19.3 Å². The zero-order valence-corrected chi connectivity index (χ0v) is 14.9. The number of ether oxygens (including phenoxy) is 1. The number of halogens is 3. The Morgan fingerprint density at radius 1 is 1.32 bits per heavy atom. The topological polar surface area (TPSA) is 75.8 Å². The van der Waals surface area contributed by atoms with Crippen LogP contribution < -0.4 is 0 Å². The van der Waals surface area contributed by atoms with Gasteiger partial charge in [0, 0.05) is 18.2 Å². The van der Waals surface area contributed by atoms with Crippen molar-refractivity contribution in [3.05, 3.63) is 41.6 Å². The first-order valence-electron chi connectivity index (χ1n) is 9.03. The molecule has 4 rings (SSSR count). The maximum absolute atomic E-state index is 13.2. The highest BCUT2D eigenvalue weighted by molar-refractivity contribution is 5.93. The number of aliphatic hydroxyl groups excluding tert-OH is 1. The van der Waals surface area contributed by atoms with Crippen molar-refractivity contribution in [3.8, 4) is 11.3 Å². The van der Waals surface area contributed by atoms with Crippen LogP contribution in [0.1, 0.15) is 35.3 Å². The van der Waals surface area contributed by atoms with Crippen LogP contribution in [0.2, 0.25) is 0 Å². The molecule has 1 aromatic carbocycles. The van der Waals surface area contributed by atoms with E-state index in [1.165, 1.54) is 29.2 Å². The van der Waals surface area contributed by atoms with Gasteiger partial charge in [0.05, 0.1) is 30.4 Å². The first kappa shape index (κ1) is 18.9. The van der Waals surface area contributed by atoms with Crippen LogP contribution in [0.3, 0.4) is 0 Å². The first-order valence-corrected chi connectivity index (χ1v) is 9.03. The zero-order valence-electron chi connectivity index (χ0n) is 14.9. The molecule has 1 aliphatic carbocycles. The molecule has 0 radical (unpaired) electrons. The van der Waals surface area contributed by atoms with E-state index in [1.54, 1.807) is 0 Å². The molecule has 28 heavy (non-hydrogen) atoms. The highest BCUT2D eigenvalue weighted by Crippen LogP contribution is 2.40. The maximum Gasteiger partial charge on any atom is 0.417 e. The predicted molar refractivity (Wildman–Crippen MR) is 91.4 cm³/mol. The number of amides is 1. The average molecular weight is 396 g/mol. The second kappa shape index (κ2) is 6.89. The Morgan fingerprint density at radius 3 is 2.71 bits per heavy atom. The van der Waals surface area contributed by atoms with Crippen molar-refractivity contribution < 1.29 is 32.3 Å². The lowest BCUT2D eigenvalue weighted by atomic mass is 9.78. The summed E-state index contributed by atoms with van der Waals surface area (Å²) in [6.07, 6.45) is -2.45. The Hall–Kier alpha value is -2.39. The first-order chi connectivity index (χ1) is 13.3. The van der Waals surface area contributed by atoms with Crippen molar-refractivity contribution in [2.75, 3.05) is 19.7 Å². The molecule has 9 heteroatoms. The van der Waals surface area contributed by atoms with Crippen LogP contribution in [0, 0.1) is 0 Å². The monoisotopic (exact) mass is 396 g/mol. The maximum atomic E-state index is 13.2. The van der Waals surface area contributed by atoms with Crippen LogP contribution in [0.25, 0.3) is 11.3 Å². The molecule has 1 saturated heterocycles. The highest BCUT2D eigenvalue weighted by Gasteiger charge is 2.46. The van der Waals surface area contributed by atoms with Gasteiger partial charge in [0.2, 0.25) is 0 Å². The molecular weight excluding hydrogens is 377 g/mol. The molecule has 1 N–H and O–H groups in total. The number of morpholine rings is 1. The molecule has 1 aliphatic heterocycles. The lowest BCUT2D eigenvalue weighted by Gasteiger charge is -2.50. The average Bonchev–Trinajstić information content (AvgIpc) is 3.15. The Balaban J connectivity index is 1.59. The van der Waals surface area contributed by atoms with E-state index in [0.29, 0.717) is 6.54 Å². The lowest BCUT2D eigenvalue weighted by molar-refractivity contribution is -0.191. The predicted octanol–water partition coefficient (Wildman–Crippen LogP) is 3.12. The normalized spacial score (nSPS) is 21.6. The summed E-state index contributed by atoms with van der Waals surface area (Å²) < 4.78 is 50.6. The van der Waals surface area contributed by atoms with Gasteiger partial charge in [0.1, 0.15) is 0 Å². The summed E-state index contributed by atoms with van der Waals surface area (Å²) in [4.78, 5) is 14.4. The molecule has 1 atom stereocenters. The van der Waals surface area contributed by atoms with Gasteiger partial charge >= 0.3 is 6.18 Å². The standard InChI is InChI=1S/C19H19F3N2O4/c20-19(21,22)14-5-2-1-4-13(14)16-8-15(23-28-16)17(26)24-9-12(10-25)27-18(11-24)6-3-7-18/h1-2,4-5,8,12,25H,3,6-7,9-11H2. The van der Waals surface area contributed by atoms with Gasteiger partial charge in [0.25, 0.3) is 5.91 Å². The summed E-state index contributed by atoms with van der Waals surface area (Å²) >= 11 is 0. The third-order valence-corrected chi connectivity index (χ3v) is 5.30. The fraction of sp³-hybridized carbons (Fsp3) is 0.474. The number of aliphatic hydroxyl groups is 1. The fourth-order valence-corrected chi connectivity index (χ4v) is 3.79. The smallest absolute Gasteiger partial charge is 0.394 e. The third-order valence-electron chi connectivity index (χ3n) is 5.30. The van der Waals surface area contributed by atoms with Gasteiger partial charge in [-0.15, -0.1) is 0 Å². The highest BCUT2D eigenvalue weighted by atomic mass is 19.4. The summed E-state index contributed by atoms with van der Waals surface area (Å²) in [6, 6.07) is 6.20. The minimum absolute atomic E-state index is 0.0694. The summed E-state index contributed by atoms with van der Waals surface area (Å²) in [7, 11) is 0. The molecule has 1 amide bonds. The molecule has 2 aliphatic rings. The molecule has 1 unspecified atom stereocenters. The molecule has 2 aromatic rings. The number of rotatable bonds is 3. The van der Waals surface area contributed by atoms with Crippen LogP contribution in [0.4, 0.5) is 13.2 Å². The minimum Gasteiger partial charge on any atom is -0.394 e. The van der Waals surface area contributed by atoms with E-state index in [1.807, 2.05) is 0 Å². The molecular formula is C19H19F3N2O4. The number of alkyl halides is 3. The van der Waals surface area contributed by atoms with Crippen molar-refractivity contribution in [1.29, 1.82) is 0 Å². The van der Waals surface area contributed by atoms with Gasteiger partial charge in [-0.05, 0) is 25.3 Å². The Kier molecular flexibility index (Phi) is 4.67. The second-order valence-corrected chi connectivity index (χ2v) is 7.26. The number of hydrogen-bond acceptors (Lipinski definition) is 5. The van der Waals surface area contributed by atoms with E-state index in [9.17, 15) is 23.1 Å². The van der Waals surface area contributed by atoms with Crippen LogP contribution in [-0.2, 0) is 10.9 Å². The Morgan fingerprint density at radius 2 is 2.07 bits per heavy atom. The van der Waals surface area contributed by atoms with E-state index in [4.69, 9.17) is 9.26 Å². The van der Waals surface area contributed by atoms with Crippen molar-refractivity contribution in [2.45, 2.75) is 37.1 Å². The van der Waals surface area contributed by atoms with Crippen molar-refractivity contribution in [1.82, 2.24) is 10.1 Å². The molecule has 1 spiro atoms. The van der Waals surface area contributed by atoms with Crippen LogP contribution in [-0.4, -0.2) is 52.5 Å². The molecule has 150 valence electrons. The number of carbonyl (C=O) groups is 1. The van der Waals surface area contributed by atoms with Crippen LogP contribution in [0.5, 0.6) is 0 Å². The molecule has 1 aromatic heterocycles. The Bertz CT molecular complexity index is 876. The quantitative estimate of drug-likeness (QED) is 0.863. The van der Waals surface area contributed by atoms with E-state index >= 15 is 0 Å². The molecule has 0 bridgehead atoms. The van der Waals surface area contributed by atoms with Gasteiger partial charge in [-0.25, -0.2) is 0 Å². The molecule has 2 heterocycles. The van der Waals surface area contributed by atoms with Gasteiger partial charge in [-0.1, -0.05) is 23.4 Å². The van der Waals surface area contributed by atoms with Gasteiger partial charge in [-0.2, -0.15) is 13.2 Å². The second-order valence-electron chi connectivity index (χ2n) is 7.26. The summed E-state index contributed by atoms with van der Waals surface area (Å²) in [5.41, 5.74) is -1.55. The molecule has 6 nitrogen and oxygen atoms in total. The lowest BCUT2D eigenvalue weighted by Crippen LogP contribution is -2.60. The van der Waals surface area contributed by atoms with E-state index in [2.05, 4.69) is 5.16 Å². The fourth-order valence-electron chi connectivity index (χ4n) is 3.79. The van der Waals surface area contributed by atoms with Crippen molar-refractivity contribution in [2.24, 2.45) is 0 Å². The minimum atomic E-state index is -4.55. The summed E-state index contributed by atoms with van der Waals surface area (Å²) in [5.74, 6) is -0.575. The largest absolute Gasteiger partial charge is 0.417 e. The van der Waals surface area contributed by atoms with Gasteiger partial charge in [-0.3, -0.25) is 4.79 Å². The number of aromatic nitrogens is 1. The summed E-state index contributed by atoms with van der Waals surface area (Å²) in [6.45, 7) is 0.344. The third kappa shape index (κ3) is 3.40. The number of hydrogen-bond donors (Lipinski definition) is 1. The van der Waals surface area contributed by atoms with Gasteiger partial charge in [0.15, 0.2) is 11.5 Å². The SMILES string of the molecule is O=C(c1cc(-c2ccccc2C(F)(F)F)on1)N1CC(CO)OC2(CCC2)C1. The van der Waals surface area contributed by atoms with Crippen molar-refractivity contribution >= 4 is 5.91 Å². The van der Waals surface area contributed by atoms with Crippen molar-refractivity contribution in [3.63, 3.8) is 0 Å². The molecule has 1 saturated carbocycles. The van der Waals surface area contributed by atoms with E-state index in [-0.39, 0.29) is 30.2 Å². The van der Waals surface area contributed by atoms with E-state index in [0.717, 1.165) is 25.3 Å². The van der Waals surface area contributed by atoms with Crippen LogP contribution in [0.15, 0.2) is 34.9 Å². The Labute approximate surface area is 158 Å². The number of nitrogens with zero attached hydrogens (tertiary/aromatic N) is 2. The van der Waals surface area contributed by atoms with E-state index < -0.39 is 29.4 Å². The molecule has 2 fully saturated rings.